The number of carbonyl (C=O) groups is 1. The van der Waals surface area contributed by atoms with Gasteiger partial charge in [0.15, 0.2) is 18.2 Å². The first-order chi connectivity index (χ1) is 11.7. The molecule has 1 heterocycles. The van der Waals surface area contributed by atoms with Crippen molar-refractivity contribution in [2.45, 2.75) is 18.9 Å². The van der Waals surface area contributed by atoms with Gasteiger partial charge in [-0.3, -0.25) is 4.79 Å². The summed E-state index contributed by atoms with van der Waals surface area (Å²) in [5.74, 6) is 0.285. The van der Waals surface area contributed by atoms with Crippen molar-refractivity contribution in [2.24, 2.45) is 0 Å². The monoisotopic (exact) mass is 329 g/mol. The van der Waals surface area contributed by atoms with E-state index in [1.54, 1.807) is 17.0 Å². The summed E-state index contributed by atoms with van der Waals surface area (Å²) in [5.41, 5.74) is 0. The lowest BCUT2D eigenvalue weighted by Crippen LogP contribution is -2.46. The van der Waals surface area contributed by atoms with Gasteiger partial charge in [0, 0.05) is 6.54 Å². The van der Waals surface area contributed by atoms with E-state index in [9.17, 15) is 9.18 Å². The molecule has 1 atom stereocenters. The van der Waals surface area contributed by atoms with E-state index >= 15 is 0 Å². The Morgan fingerprint density at radius 3 is 2.67 bits per heavy atom. The van der Waals surface area contributed by atoms with E-state index in [1.807, 2.05) is 30.3 Å². The predicted molar refractivity (Wildman–Crippen MR) is 88.6 cm³/mol. The quantitative estimate of drug-likeness (QED) is 0.845. The minimum absolute atomic E-state index is 0.0291. The fourth-order valence-electron chi connectivity index (χ4n) is 2.74. The molecule has 0 aromatic heterocycles. The largest absolute Gasteiger partial charge is 0.489 e. The molecule has 24 heavy (non-hydrogen) atoms. The van der Waals surface area contributed by atoms with Crippen LogP contribution in [0.2, 0.25) is 0 Å². The summed E-state index contributed by atoms with van der Waals surface area (Å²) in [7, 11) is 0. The summed E-state index contributed by atoms with van der Waals surface area (Å²) in [6, 6.07) is 15.7. The smallest absolute Gasteiger partial charge is 0.260 e. The number of ether oxygens (including phenoxy) is 2. The van der Waals surface area contributed by atoms with Gasteiger partial charge >= 0.3 is 0 Å². The Labute approximate surface area is 140 Å². The van der Waals surface area contributed by atoms with Crippen molar-refractivity contribution < 1.29 is 18.7 Å². The number of rotatable bonds is 5. The van der Waals surface area contributed by atoms with E-state index in [1.165, 1.54) is 12.1 Å². The molecule has 126 valence electrons. The van der Waals surface area contributed by atoms with Crippen LogP contribution in [0.15, 0.2) is 54.6 Å². The summed E-state index contributed by atoms with van der Waals surface area (Å²) in [4.78, 5) is 14.0. The zero-order valence-electron chi connectivity index (χ0n) is 13.4. The third kappa shape index (κ3) is 4.25. The molecule has 1 fully saturated rings. The third-order valence-corrected chi connectivity index (χ3v) is 3.96. The molecule has 3 rings (SSSR count). The van der Waals surface area contributed by atoms with Gasteiger partial charge in [-0.05, 0) is 37.1 Å². The van der Waals surface area contributed by atoms with Crippen LogP contribution < -0.4 is 9.47 Å². The third-order valence-electron chi connectivity index (χ3n) is 3.96. The van der Waals surface area contributed by atoms with Crippen LogP contribution in [0.5, 0.6) is 11.5 Å². The van der Waals surface area contributed by atoms with E-state index in [0.717, 1.165) is 18.6 Å². The Morgan fingerprint density at radius 2 is 1.88 bits per heavy atom. The summed E-state index contributed by atoms with van der Waals surface area (Å²) in [5, 5.41) is 0. The van der Waals surface area contributed by atoms with Gasteiger partial charge in [0.25, 0.3) is 5.91 Å². The number of halogens is 1. The van der Waals surface area contributed by atoms with Gasteiger partial charge in [-0.1, -0.05) is 30.3 Å². The molecule has 0 saturated carbocycles. The predicted octanol–water partition coefficient (Wildman–Crippen LogP) is 3.27. The van der Waals surface area contributed by atoms with E-state index < -0.39 is 5.82 Å². The van der Waals surface area contributed by atoms with Gasteiger partial charge in [0.2, 0.25) is 0 Å². The van der Waals surface area contributed by atoms with Crippen molar-refractivity contribution in [2.75, 3.05) is 19.7 Å². The van der Waals surface area contributed by atoms with E-state index in [-0.39, 0.29) is 24.4 Å². The molecule has 0 spiro atoms. The minimum atomic E-state index is -0.464. The molecule has 1 saturated heterocycles. The van der Waals surface area contributed by atoms with Crippen LogP contribution in [0.3, 0.4) is 0 Å². The highest BCUT2D eigenvalue weighted by molar-refractivity contribution is 5.77. The minimum Gasteiger partial charge on any atom is -0.489 e. The first kappa shape index (κ1) is 16.3. The van der Waals surface area contributed by atoms with Crippen molar-refractivity contribution in [3.8, 4) is 11.5 Å². The number of carbonyl (C=O) groups excluding carboxylic acids is 1. The van der Waals surface area contributed by atoms with Gasteiger partial charge in [-0.25, -0.2) is 4.39 Å². The molecule has 0 bridgehead atoms. The van der Waals surface area contributed by atoms with Crippen LogP contribution in [-0.2, 0) is 4.79 Å². The lowest BCUT2D eigenvalue weighted by molar-refractivity contribution is -0.136. The molecule has 1 amide bonds. The van der Waals surface area contributed by atoms with Crippen molar-refractivity contribution >= 4 is 5.91 Å². The molecule has 5 heteroatoms. The number of para-hydroxylation sites is 2. The van der Waals surface area contributed by atoms with Gasteiger partial charge in [-0.15, -0.1) is 0 Å². The molecule has 0 N–H and O–H groups in total. The summed E-state index contributed by atoms with van der Waals surface area (Å²) < 4.78 is 24.7. The van der Waals surface area contributed by atoms with Crippen molar-refractivity contribution in [3.05, 3.63) is 60.4 Å². The number of nitrogens with zero attached hydrogens (tertiary/aromatic N) is 1. The van der Waals surface area contributed by atoms with E-state index in [4.69, 9.17) is 9.47 Å². The average Bonchev–Trinajstić information content (AvgIpc) is 2.62. The zero-order valence-corrected chi connectivity index (χ0v) is 13.4. The maximum atomic E-state index is 13.5. The first-order valence-electron chi connectivity index (χ1n) is 8.09. The van der Waals surface area contributed by atoms with Crippen LogP contribution in [0, 0.1) is 5.82 Å². The number of likely N-dealkylation sites (tertiary alicyclic amines) is 1. The highest BCUT2D eigenvalue weighted by Crippen LogP contribution is 2.19. The molecule has 4 nitrogen and oxygen atoms in total. The Bertz CT molecular complexity index is 677. The number of benzene rings is 2. The average molecular weight is 329 g/mol. The van der Waals surface area contributed by atoms with Crippen molar-refractivity contribution in [1.29, 1.82) is 0 Å². The number of hydrogen-bond donors (Lipinski definition) is 0. The van der Waals surface area contributed by atoms with Crippen LogP contribution in [0.1, 0.15) is 12.8 Å². The van der Waals surface area contributed by atoms with Crippen LogP contribution >= 0.6 is 0 Å². The standard InChI is InChI=1S/C19H20FNO3/c20-17-10-4-5-11-18(17)23-14-19(22)21-12-6-9-16(13-21)24-15-7-2-1-3-8-15/h1-5,7-8,10-11,16H,6,9,12-14H2. The van der Waals surface area contributed by atoms with Gasteiger partial charge in [0.05, 0.1) is 6.54 Å². The van der Waals surface area contributed by atoms with Crippen molar-refractivity contribution in [1.82, 2.24) is 4.90 Å². The van der Waals surface area contributed by atoms with Gasteiger partial charge in [-0.2, -0.15) is 0 Å². The SMILES string of the molecule is O=C(COc1ccccc1F)N1CCCC(Oc2ccccc2)C1. The summed E-state index contributed by atoms with van der Waals surface area (Å²) in [6.07, 6.45) is 1.76. The Balaban J connectivity index is 1.52. The van der Waals surface area contributed by atoms with Crippen LogP contribution in [0.25, 0.3) is 0 Å². The van der Waals surface area contributed by atoms with E-state index in [0.29, 0.717) is 13.1 Å². The Hall–Kier alpha value is -2.56. The fourth-order valence-corrected chi connectivity index (χ4v) is 2.74. The molecule has 1 aliphatic rings. The lowest BCUT2D eigenvalue weighted by atomic mass is 10.1. The number of piperidine rings is 1. The highest BCUT2D eigenvalue weighted by Gasteiger charge is 2.25. The summed E-state index contributed by atoms with van der Waals surface area (Å²) >= 11 is 0. The molecule has 2 aromatic carbocycles. The second-order valence-electron chi connectivity index (χ2n) is 5.75. The topological polar surface area (TPSA) is 38.8 Å². The second-order valence-corrected chi connectivity index (χ2v) is 5.75. The molecule has 0 radical (unpaired) electrons. The second kappa shape index (κ2) is 7.81. The Kier molecular flexibility index (Phi) is 5.31. The number of hydrogen-bond acceptors (Lipinski definition) is 3. The molecular weight excluding hydrogens is 309 g/mol. The van der Waals surface area contributed by atoms with Crippen LogP contribution in [-0.4, -0.2) is 36.6 Å². The molecule has 1 unspecified atom stereocenters. The Morgan fingerprint density at radius 1 is 1.12 bits per heavy atom. The van der Waals surface area contributed by atoms with Gasteiger partial charge in [0.1, 0.15) is 11.9 Å². The normalized spacial score (nSPS) is 17.4. The maximum Gasteiger partial charge on any atom is 0.260 e. The zero-order chi connectivity index (χ0) is 16.8. The van der Waals surface area contributed by atoms with Crippen molar-refractivity contribution in [3.63, 3.8) is 0 Å². The lowest BCUT2D eigenvalue weighted by Gasteiger charge is -2.32. The molecule has 2 aromatic rings. The fraction of sp³-hybridized carbons (Fsp3) is 0.316. The first-order valence-corrected chi connectivity index (χ1v) is 8.09. The summed E-state index contributed by atoms with van der Waals surface area (Å²) in [6.45, 7) is 1.03. The molecule has 0 aliphatic carbocycles. The van der Waals surface area contributed by atoms with Gasteiger partial charge < -0.3 is 14.4 Å². The molecular formula is C19H20FNO3. The van der Waals surface area contributed by atoms with Crippen LogP contribution in [0.4, 0.5) is 4.39 Å². The highest BCUT2D eigenvalue weighted by atomic mass is 19.1. The molecule has 1 aliphatic heterocycles. The maximum absolute atomic E-state index is 13.5. The van der Waals surface area contributed by atoms with E-state index in [2.05, 4.69) is 0 Å². The number of amides is 1.